The average molecular weight is 262 g/mol. The molecule has 104 valence electrons. The predicted octanol–water partition coefficient (Wildman–Crippen LogP) is 3.25. The number of hydrogen-bond acceptors (Lipinski definition) is 3. The number of carboxylic acids is 1. The van der Waals surface area contributed by atoms with Crippen molar-refractivity contribution in [2.24, 2.45) is 0 Å². The number of pyridine rings is 1. The van der Waals surface area contributed by atoms with Gasteiger partial charge in [-0.15, -0.1) is 0 Å². The molecule has 1 aliphatic rings. The lowest BCUT2D eigenvalue weighted by Gasteiger charge is -2.35. The van der Waals surface area contributed by atoms with Gasteiger partial charge in [-0.2, -0.15) is 0 Å². The van der Waals surface area contributed by atoms with E-state index in [1.54, 1.807) is 12.1 Å². The van der Waals surface area contributed by atoms with Crippen LogP contribution in [-0.4, -0.2) is 28.6 Å². The zero-order valence-corrected chi connectivity index (χ0v) is 11.7. The molecule has 1 N–H and O–H groups in total. The maximum atomic E-state index is 11.4. The molecule has 1 saturated carbocycles. The third-order valence-corrected chi connectivity index (χ3v) is 3.87. The summed E-state index contributed by atoms with van der Waals surface area (Å²) in [6.45, 7) is 4.79. The van der Waals surface area contributed by atoms with Crippen LogP contribution in [-0.2, 0) is 0 Å². The van der Waals surface area contributed by atoms with Gasteiger partial charge in [-0.25, -0.2) is 9.78 Å². The van der Waals surface area contributed by atoms with Crippen molar-refractivity contribution in [3.63, 3.8) is 0 Å². The van der Waals surface area contributed by atoms with E-state index in [1.165, 1.54) is 19.3 Å². The Hall–Kier alpha value is -1.58. The lowest BCUT2D eigenvalue weighted by molar-refractivity contribution is 0.0697. The van der Waals surface area contributed by atoms with Crippen LogP contribution < -0.4 is 4.90 Å². The fourth-order valence-corrected chi connectivity index (χ4v) is 2.90. The van der Waals surface area contributed by atoms with Gasteiger partial charge in [0.05, 0.1) is 0 Å². The minimum absolute atomic E-state index is 0.318. The zero-order chi connectivity index (χ0) is 13.8. The SMILES string of the molecule is CCN(c1nc(C)ccc1C(=O)O)C1CCCCC1. The van der Waals surface area contributed by atoms with E-state index in [1.807, 2.05) is 6.92 Å². The Labute approximate surface area is 114 Å². The van der Waals surface area contributed by atoms with Gasteiger partial charge in [0.15, 0.2) is 0 Å². The highest BCUT2D eigenvalue weighted by molar-refractivity contribution is 5.93. The molecule has 0 radical (unpaired) electrons. The molecule has 0 aliphatic heterocycles. The monoisotopic (exact) mass is 262 g/mol. The fraction of sp³-hybridized carbons (Fsp3) is 0.600. The Balaban J connectivity index is 2.35. The van der Waals surface area contributed by atoms with Crippen LogP contribution in [0.1, 0.15) is 55.1 Å². The Kier molecular flexibility index (Phi) is 4.40. The molecule has 2 rings (SSSR count). The van der Waals surface area contributed by atoms with E-state index in [0.29, 0.717) is 17.4 Å². The molecule has 0 aromatic carbocycles. The lowest BCUT2D eigenvalue weighted by Crippen LogP contribution is -2.38. The van der Waals surface area contributed by atoms with Crippen molar-refractivity contribution in [2.45, 2.75) is 52.0 Å². The number of rotatable bonds is 4. The average Bonchev–Trinajstić information content (AvgIpc) is 2.40. The van der Waals surface area contributed by atoms with Gasteiger partial charge in [0.25, 0.3) is 0 Å². The topological polar surface area (TPSA) is 53.4 Å². The summed E-state index contributed by atoms with van der Waals surface area (Å²) in [7, 11) is 0. The van der Waals surface area contributed by atoms with E-state index < -0.39 is 5.97 Å². The quantitative estimate of drug-likeness (QED) is 0.905. The van der Waals surface area contributed by atoms with Crippen molar-refractivity contribution in [2.75, 3.05) is 11.4 Å². The molecular formula is C15H22N2O2. The first-order valence-corrected chi connectivity index (χ1v) is 7.11. The lowest BCUT2D eigenvalue weighted by atomic mass is 9.94. The number of hydrogen-bond donors (Lipinski definition) is 1. The Bertz CT molecular complexity index is 453. The highest BCUT2D eigenvalue weighted by atomic mass is 16.4. The molecule has 0 atom stereocenters. The molecule has 0 saturated heterocycles. The molecule has 1 aromatic rings. The Morgan fingerprint density at radius 1 is 1.37 bits per heavy atom. The van der Waals surface area contributed by atoms with Crippen LogP contribution in [0.5, 0.6) is 0 Å². The first kappa shape index (κ1) is 13.8. The first-order valence-electron chi connectivity index (χ1n) is 7.11. The molecule has 4 heteroatoms. The summed E-state index contributed by atoms with van der Waals surface area (Å²) in [5.41, 5.74) is 1.19. The molecule has 1 fully saturated rings. The molecule has 0 unspecified atom stereocenters. The van der Waals surface area contributed by atoms with Crippen molar-refractivity contribution in [1.29, 1.82) is 0 Å². The van der Waals surface area contributed by atoms with Crippen LogP contribution >= 0.6 is 0 Å². The summed E-state index contributed by atoms with van der Waals surface area (Å²) >= 11 is 0. The number of aromatic nitrogens is 1. The minimum Gasteiger partial charge on any atom is -0.478 e. The van der Waals surface area contributed by atoms with Crippen molar-refractivity contribution >= 4 is 11.8 Å². The van der Waals surface area contributed by atoms with Crippen LogP contribution in [0.2, 0.25) is 0 Å². The Morgan fingerprint density at radius 3 is 2.63 bits per heavy atom. The largest absolute Gasteiger partial charge is 0.478 e. The summed E-state index contributed by atoms with van der Waals surface area (Å²) < 4.78 is 0. The first-order chi connectivity index (χ1) is 9.13. The van der Waals surface area contributed by atoms with Gasteiger partial charge in [-0.1, -0.05) is 19.3 Å². The van der Waals surface area contributed by atoms with Crippen LogP contribution in [0.3, 0.4) is 0 Å². The number of nitrogens with zero attached hydrogens (tertiary/aromatic N) is 2. The maximum Gasteiger partial charge on any atom is 0.339 e. The van der Waals surface area contributed by atoms with Crippen molar-refractivity contribution in [1.82, 2.24) is 4.98 Å². The molecule has 1 heterocycles. The van der Waals surface area contributed by atoms with Gasteiger partial charge in [0, 0.05) is 18.3 Å². The summed E-state index contributed by atoms with van der Waals surface area (Å²) in [5, 5.41) is 9.33. The molecular weight excluding hydrogens is 240 g/mol. The van der Waals surface area contributed by atoms with Crippen LogP contribution in [0.15, 0.2) is 12.1 Å². The number of anilines is 1. The molecule has 1 aromatic heterocycles. The van der Waals surface area contributed by atoms with E-state index in [4.69, 9.17) is 0 Å². The minimum atomic E-state index is -0.892. The van der Waals surface area contributed by atoms with Crippen molar-refractivity contribution < 1.29 is 9.90 Å². The molecule has 4 nitrogen and oxygen atoms in total. The predicted molar refractivity (Wildman–Crippen MR) is 75.8 cm³/mol. The molecule has 1 aliphatic carbocycles. The van der Waals surface area contributed by atoms with E-state index in [9.17, 15) is 9.90 Å². The highest BCUT2D eigenvalue weighted by Crippen LogP contribution is 2.28. The molecule has 0 bridgehead atoms. The summed E-state index contributed by atoms with van der Waals surface area (Å²) in [6, 6.07) is 3.87. The van der Waals surface area contributed by atoms with E-state index in [0.717, 1.165) is 25.1 Å². The van der Waals surface area contributed by atoms with E-state index in [-0.39, 0.29) is 0 Å². The molecule has 0 amide bonds. The molecule has 19 heavy (non-hydrogen) atoms. The van der Waals surface area contributed by atoms with Crippen LogP contribution in [0, 0.1) is 6.92 Å². The van der Waals surface area contributed by atoms with Gasteiger partial charge >= 0.3 is 5.97 Å². The smallest absolute Gasteiger partial charge is 0.339 e. The second-order valence-corrected chi connectivity index (χ2v) is 5.21. The molecule has 0 spiro atoms. The number of carboxylic acid groups (broad SMARTS) is 1. The third-order valence-electron chi connectivity index (χ3n) is 3.87. The van der Waals surface area contributed by atoms with Gasteiger partial charge in [-0.3, -0.25) is 0 Å². The summed E-state index contributed by atoms with van der Waals surface area (Å²) in [4.78, 5) is 18.0. The van der Waals surface area contributed by atoms with E-state index in [2.05, 4.69) is 16.8 Å². The normalized spacial score (nSPS) is 16.3. The standard InChI is InChI=1S/C15H22N2O2/c1-3-17(12-7-5-4-6-8-12)14-13(15(18)19)10-9-11(2)16-14/h9-10,12H,3-8H2,1-2H3,(H,18,19). The second kappa shape index (κ2) is 6.04. The number of aromatic carboxylic acids is 1. The van der Waals surface area contributed by atoms with E-state index >= 15 is 0 Å². The van der Waals surface area contributed by atoms with Crippen molar-refractivity contribution in [3.8, 4) is 0 Å². The summed E-state index contributed by atoms with van der Waals surface area (Å²) in [5.74, 6) is -0.251. The maximum absolute atomic E-state index is 11.4. The van der Waals surface area contributed by atoms with Crippen LogP contribution in [0.25, 0.3) is 0 Å². The summed E-state index contributed by atoms with van der Waals surface area (Å²) in [6.07, 6.45) is 6.04. The number of carbonyl (C=O) groups is 1. The Morgan fingerprint density at radius 2 is 2.05 bits per heavy atom. The van der Waals surface area contributed by atoms with Gasteiger partial charge < -0.3 is 10.0 Å². The highest BCUT2D eigenvalue weighted by Gasteiger charge is 2.25. The fourth-order valence-electron chi connectivity index (χ4n) is 2.90. The van der Waals surface area contributed by atoms with Gasteiger partial charge in [-0.05, 0) is 38.8 Å². The van der Waals surface area contributed by atoms with Gasteiger partial charge in [0.1, 0.15) is 11.4 Å². The second-order valence-electron chi connectivity index (χ2n) is 5.21. The van der Waals surface area contributed by atoms with Crippen molar-refractivity contribution in [3.05, 3.63) is 23.4 Å². The number of aryl methyl sites for hydroxylation is 1. The zero-order valence-electron chi connectivity index (χ0n) is 11.7. The third kappa shape index (κ3) is 3.06. The van der Waals surface area contributed by atoms with Crippen LogP contribution in [0.4, 0.5) is 5.82 Å². The van der Waals surface area contributed by atoms with Gasteiger partial charge in [0.2, 0.25) is 0 Å².